The van der Waals surface area contributed by atoms with Gasteiger partial charge in [0.1, 0.15) is 11.8 Å². The predicted molar refractivity (Wildman–Crippen MR) is 112 cm³/mol. The van der Waals surface area contributed by atoms with E-state index in [0.29, 0.717) is 10.9 Å². The van der Waals surface area contributed by atoms with E-state index in [1.165, 1.54) is 32.0 Å². The first kappa shape index (κ1) is 21.5. The Labute approximate surface area is 180 Å². The van der Waals surface area contributed by atoms with Crippen molar-refractivity contribution in [3.63, 3.8) is 0 Å². The largest absolute Gasteiger partial charge is 0.506 e. The van der Waals surface area contributed by atoms with E-state index < -0.39 is 35.2 Å². The van der Waals surface area contributed by atoms with Crippen LogP contribution in [0.1, 0.15) is 37.4 Å². The summed E-state index contributed by atoms with van der Waals surface area (Å²) >= 11 is 6.03. The number of rotatable bonds is 2. The van der Waals surface area contributed by atoms with E-state index in [9.17, 15) is 28.2 Å². The standard InChI is InChI=1S/C22H20ClF3N2O3/c1-20(2)11-21(31,22(24,25)26)19(13-8-9-14(23)18(30)17(13)20)27-28-15-6-4-3-5-12(15)7-10-16(28)29/h3-10,19,27,30-31H,11H2,1-2H3. The molecule has 31 heavy (non-hydrogen) atoms. The Balaban J connectivity index is 2.00. The Bertz CT molecular complexity index is 1240. The van der Waals surface area contributed by atoms with Crippen molar-refractivity contribution in [2.75, 3.05) is 5.43 Å². The molecular weight excluding hydrogens is 433 g/mol. The second kappa shape index (κ2) is 6.90. The highest BCUT2D eigenvalue weighted by atomic mass is 35.5. The summed E-state index contributed by atoms with van der Waals surface area (Å²) in [4.78, 5) is 12.6. The summed E-state index contributed by atoms with van der Waals surface area (Å²) in [5.74, 6) is -0.342. The average Bonchev–Trinajstić information content (AvgIpc) is 2.67. The first-order valence-corrected chi connectivity index (χ1v) is 9.93. The van der Waals surface area contributed by atoms with E-state index in [4.69, 9.17) is 11.6 Å². The van der Waals surface area contributed by atoms with E-state index in [1.54, 1.807) is 30.3 Å². The molecule has 5 nitrogen and oxygen atoms in total. The van der Waals surface area contributed by atoms with E-state index in [2.05, 4.69) is 5.43 Å². The number of aromatic nitrogens is 1. The number of phenolic OH excluding ortho intramolecular Hbond substituents is 1. The van der Waals surface area contributed by atoms with Crippen LogP contribution in [0.15, 0.2) is 53.3 Å². The summed E-state index contributed by atoms with van der Waals surface area (Å²) < 4.78 is 43.7. The van der Waals surface area contributed by atoms with Gasteiger partial charge in [-0.25, -0.2) is 4.68 Å². The smallest absolute Gasteiger partial charge is 0.419 e. The molecule has 0 saturated carbocycles. The molecular formula is C22H20ClF3N2O3. The molecule has 0 aliphatic heterocycles. The zero-order chi connectivity index (χ0) is 22.8. The molecule has 0 amide bonds. The summed E-state index contributed by atoms with van der Waals surface area (Å²) in [6.07, 6.45) is -5.77. The van der Waals surface area contributed by atoms with Crippen molar-refractivity contribution in [3.8, 4) is 5.75 Å². The highest BCUT2D eigenvalue weighted by Gasteiger charge is 2.64. The number of para-hydroxylation sites is 1. The molecule has 1 aliphatic carbocycles. The first-order chi connectivity index (χ1) is 14.4. The molecule has 2 atom stereocenters. The second-order valence-electron chi connectivity index (χ2n) is 8.47. The van der Waals surface area contributed by atoms with Crippen LogP contribution in [0.3, 0.4) is 0 Å². The maximum absolute atomic E-state index is 14.2. The van der Waals surface area contributed by atoms with Gasteiger partial charge in [-0.1, -0.05) is 49.7 Å². The number of nitrogens with zero attached hydrogens (tertiary/aromatic N) is 1. The molecule has 164 valence electrons. The van der Waals surface area contributed by atoms with Crippen LogP contribution in [0.25, 0.3) is 10.9 Å². The molecule has 1 heterocycles. The fourth-order valence-corrected chi connectivity index (χ4v) is 4.70. The minimum Gasteiger partial charge on any atom is -0.506 e. The molecule has 1 aromatic heterocycles. The molecule has 2 unspecified atom stereocenters. The second-order valence-corrected chi connectivity index (χ2v) is 8.88. The van der Waals surface area contributed by atoms with Crippen LogP contribution >= 0.6 is 11.6 Å². The minimum atomic E-state index is -5.02. The number of phenols is 1. The third-order valence-electron chi connectivity index (χ3n) is 5.89. The van der Waals surface area contributed by atoms with Gasteiger partial charge >= 0.3 is 6.18 Å². The molecule has 3 aromatic rings. The highest BCUT2D eigenvalue weighted by molar-refractivity contribution is 6.32. The van der Waals surface area contributed by atoms with Crippen molar-refractivity contribution >= 4 is 22.5 Å². The number of pyridine rings is 1. The van der Waals surface area contributed by atoms with Crippen molar-refractivity contribution in [3.05, 3.63) is 75.0 Å². The maximum atomic E-state index is 14.2. The molecule has 0 radical (unpaired) electrons. The lowest BCUT2D eigenvalue weighted by Gasteiger charge is -2.49. The van der Waals surface area contributed by atoms with Crippen LogP contribution in [0.4, 0.5) is 13.2 Å². The van der Waals surface area contributed by atoms with Crippen molar-refractivity contribution in [1.82, 2.24) is 4.68 Å². The Morgan fingerprint density at radius 3 is 2.48 bits per heavy atom. The number of nitrogens with one attached hydrogen (secondary N) is 1. The Morgan fingerprint density at radius 2 is 1.81 bits per heavy atom. The lowest BCUT2D eigenvalue weighted by atomic mass is 9.63. The zero-order valence-electron chi connectivity index (χ0n) is 16.7. The average molecular weight is 453 g/mol. The summed E-state index contributed by atoms with van der Waals surface area (Å²) in [5, 5.41) is 22.2. The summed E-state index contributed by atoms with van der Waals surface area (Å²) in [6.45, 7) is 3.00. The van der Waals surface area contributed by atoms with Gasteiger partial charge in [-0.3, -0.25) is 4.79 Å². The molecule has 3 N–H and O–H groups in total. The highest BCUT2D eigenvalue weighted by Crippen LogP contribution is 2.56. The fourth-order valence-electron chi connectivity index (χ4n) is 4.54. The normalized spacial score (nSPS) is 22.9. The van der Waals surface area contributed by atoms with Gasteiger partial charge in [-0.2, -0.15) is 13.2 Å². The van der Waals surface area contributed by atoms with Gasteiger partial charge in [0.15, 0.2) is 5.60 Å². The van der Waals surface area contributed by atoms with Gasteiger partial charge in [0.2, 0.25) is 0 Å². The van der Waals surface area contributed by atoms with Crippen molar-refractivity contribution in [1.29, 1.82) is 0 Å². The molecule has 2 aromatic carbocycles. The van der Waals surface area contributed by atoms with Crippen LogP contribution in [-0.4, -0.2) is 26.7 Å². The molecule has 0 fully saturated rings. The van der Waals surface area contributed by atoms with Crippen LogP contribution in [0.2, 0.25) is 5.02 Å². The number of halogens is 4. The number of aromatic hydroxyl groups is 1. The van der Waals surface area contributed by atoms with Crippen LogP contribution in [-0.2, 0) is 5.41 Å². The van der Waals surface area contributed by atoms with Gasteiger partial charge in [-0.05, 0) is 35.6 Å². The number of alkyl halides is 3. The van der Waals surface area contributed by atoms with Gasteiger partial charge in [0.25, 0.3) is 5.56 Å². The van der Waals surface area contributed by atoms with Gasteiger partial charge in [0, 0.05) is 17.0 Å². The maximum Gasteiger partial charge on any atom is 0.419 e. The lowest BCUT2D eigenvalue weighted by molar-refractivity contribution is -0.276. The third-order valence-corrected chi connectivity index (χ3v) is 6.20. The van der Waals surface area contributed by atoms with E-state index in [-0.39, 0.29) is 21.9 Å². The topological polar surface area (TPSA) is 74.5 Å². The summed E-state index contributed by atoms with van der Waals surface area (Å²) in [5.41, 5.74) is -1.90. The Hall–Kier alpha value is -2.71. The van der Waals surface area contributed by atoms with Crippen molar-refractivity contribution in [2.45, 2.75) is 43.5 Å². The monoisotopic (exact) mass is 452 g/mol. The minimum absolute atomic E-state index is 0.00893. The molecule has 1 aliphatic rings. The number of benzene rings is 2. The van der Waals surface area contributed by atoms with Gasteiger partial charge in [0.05, 0.1) is 10.5 Å². The van der Waals surface area contributed by atoms with E-state index in [0.717, 1.165) is 4.68 Å². The summed E-state index contributed by atoms with van der Waals surface area (Å²) in [6, 6.07) is 10.3. The van der Waals surface area contributed by atoms with Crippen LogP contribution < -0.4 is 11.0 Å². The quantitative estimate of drug-likeness (QED) is 0.530. The third kappa shape index (κ3) is 3.25. The Kier molecular flexibility index (Phi) is 4.79. The van der Waals surface area contributed by atoms with Crippen LogP contribution in [0, 0.1) is 0 Å². The first-order valence-electron chi connectivity index (χ1n) is 9.55. The SMILES string of the molecule is CC1(C)CC(O)(C(F)(F)F)C(Nn2c(=O)ccc3ccccc32)c2ccc(Cl)c(O)c21. The Morgan fingerprint density at radius 1 is 1.13 bits per heavy atom. The van der Waals surface area contributed by atoms with Crippen molar-refractivity contribution < 1.29 is 23.4 Å². The number of aliphatic hydroxyl groups is 1. The molecule has 4 rings (SSSR count). The molecule has 9 heteroatoms. The summed E-state index contributed by atoms with van der Waals surface area (Å²) in [7, 11) is 0. The number of fused-ring (bicyclic) bond motifs is 2. The predicted octanol–water partition coefficient (Wildman–Crippen LogP) is 4.62. The zero-order valence-corrected chi connectivity index (χ0v) is 17.4. The van der Waals surface area contributed by atoms with Gasteiger partial charge in [-0.15, -0.1) is 0 Å². The molecule has 0 spiro atoms. The van der Waals surface area contributed by atoms with E-state index in [1.807, 2.05) is 0 Å². The number of hydrogen-bond acceptors (Lipinski definition) is 4. The van der Waals surface area contributed by atoms with Gasteiger partial charge < -0.3 is 15.6 Å². The van der Waals surface area contributed by atoms with Crippen molar-refractivity contribution in [2.24, 2.45) is 0 Å². The molecule has 0 saturated heterocycles. The molecule has 0 bridgehead atoms. The fraction of sp³-hybridized carbons (Fsp3) is 0.318. The lowest BCUT2D eigenvalue weighted by Crippen LogP contribution is -2.60. The number of hydrogen-bond donors (Lipinski definition) is 3. The van der Waals surface area contributed by atoms with Crippen LogP contribution in [0.5, 0.6) is 5.75 Å². The van der Waals surface area contributed by atoms with E-state index >= 15 is 0 Å².